The molecule has 1 amide bonds. The second-order valence-corrected chi connectivity index (χ2v) is 4.62. The number of nitrogens with zero attached hydrogens (tertiary/aromatic N) is 1. The van der Waals surface area contributed by atoms with Gasteiger partial charge in [0.25, 0.3) is 5.91 Å². The minimum atomic E-state index is -0.212. The van der Waals surface area contributed by atoms with Crippen molar-refractivity contribution in [3.63, 3.8) is 0 Å². The molecule has 0 aromatic carbocycles. The third kappa shape index (κ3) is 4.32. The van der Waals surface area contributed by atoms with E-state index in [1.54, 1.807) is 25.4 Å². The summed E-state index contributed by atoms with van der Waals surface area (Å²) in [4.78, 5) is 15.9. The largest absolute Gasteiger partial charge is 0.480 e. The Bertz CT molecular complexity index is 373. The van der Waals surface area contributed by atoms with Crippen LogP contribution in [0.1, 0.15) is 10.4 Å². The molecule has 17 heavy (non-hydrogen) atoms. The van der Waals surface area contributed by atoms with Crippen LogP contribution in [0.2, 0.25) is 0 Å². The first-order valence-corrected chi connectivity index (χ1v) is 6.00. The highest BCUT2D eigenvalue weighted by molar-refractivity contribution is 9.09. The van der Waals surface area contributed by atoms with Crippen LogP contribution in [0.4, 0.5) is 0 Å². The molecule has 94 valence electrons. The van der Waals surface area contributed by atoms with Gasteiger partial charge in [-0.25, -0.2) is 4.98 Å². The van der Waals surface area contributed by atoms with E-state index in [0.29, 0.717) is 24.6 Å². The maximum Gasteiger partial charge on any atom is 0.256 e. The zero-order valence-corrected chi connectivity index (χ0v) is 11.4. The highest BCUT2D eigenvalue weighted by Gasteiger charge is 2.13. The SMILES string of the molecule is COCC(Br)CNC(=O)c1cccnc1OC. The lowest BCUT2D eigenvalue weighted by Crippen LogP contribution is -2.31. The second kappa shape index (κ2) is 7.24. The lowest BCUT2D eigenvalue weighted by molar-refractivity contribution is 0.0946. The van der Waals surface area contributed by atoms with Gasteiger partial charge in [0.2, 0.25) is 5.88 Å². The molecule has 0 aliphatic heterocycles. The van der Waals surface area contributed by atoms with Gasteiger partial charge in [-0.05, 0) is 12.1 Å². The minimum absolute atomic E-state index is 0.0825. The number of carbonyl (C=O) groups excluding carboxylic acids is 1. The average Bonchev–Trinajstić information content (AvgIpc) is 2.36. The summed E-state index contributed by atoms with van der Waals surface area (Å²) in [6.07, 6.45) is 1.58. The van der Waals surface area contributed by atoms with E-state index in [4.69, 9.17) is 9.47 Å². The Balaban J connectivity index is 2.58. The van der Waals surface area contributed by atoms with Gasteiger partial charge in [0.05, 0.1) is 18.5 Å². The Morgan fingerprint density at radius 3 is 3.00 bits per heavy atom. The highest BCUT2D eigenvalue weighted by Crippen LogP contribution is 2.13. The first kappa shape index (κ1) is 13.9. The number of ether oxygens (including phenoxy) is 2. The molecule has 0 fully saturated rings. The van der Waals surface area contributed by atoms with E-state index in [9.17, 15) is 4.79 Å². The minimum Gasteiger partial charge on any atom is -0.480 e. The van der Waals surface area contributed by atoms with Crippen molar-refractivity contribution >= 4 is 21.8 Å². The molecule has 0 spiro atoms. The molecule has 5 nitrogen and oxygen atoms in total. The summed E-state index contributed by atoms with van der Waals surface area (Å²) < 4.78 is 9.96. The lowest BCUT2D eigenvalue weighted by atomic mass is 10.2. The van der Waals surface area contributed by atoms with Crippen LogP contribution in [0.25, 0.3) is 0 Å². The molecule has 0 bridgehead atoms. The van der Waals surface area contributed by atoms with Crippen LogP contribution in [-0.2, 0) is 4.74 Å². The van der Waals surface area contributed by atoms with Gasteiger partial charge in [-0.15, -0.1) is 0 Å². The van der Waals surface area contributed by atoms with Gasteiger partial charge < -0.3 is 14.8 Å². The molecular formula is C11H15BrN2O3. The van der Waals surface area contributed by atoms with E-state index >= 15 is 0 Å². The molecule has 0 aliphatic carbocycles. The average molecular weight is 303 g/mol. The van der Waals surface area contributed by atoms with E-state index in [1.165, 1.54) is 7.11 Å². The molecule has 1 aromatic heterocycles. The normalized spacial score (nSPS) is 11.9. The molecule has 0 saturated heterocycles. The summed E-state index contributed by atoms with van der Waals surface area (Å²) in [7, 11) is 3.09. The van der Waals surface area contributed by atoms with Crippen molar-refractivity contribution in [2.24, 2.45) is 0 Å². The first-order chi connectivity index (χ1) is 8.19. The zero-order valence-electron chi connectivity index (χ0n) is 9.77. The number of aromatic nitrogens is 1. The van der Waals surface area contributed by atoms with Crippen molar-refractivity contribution in [3.05, 3.63) is 23.9 Å². The molecule has 1 rings (SSSR count). The van der Waals surface area contributed by atoms with Gasteiger partial charge in [0, 0.05) is 19.9 Å². The predicted molar refractivity (Wildman–Crippen MR) is 67.7 cm³/mol. The van der Waals surface area contributed by atoms with Crippen molar-refractivity contribution in [1.29, 1.82) is 0 Å². The second-order valence-electron chi connectivity index (χ2n) is 3.32. The third-order valence-corrected chi connectivity index (χ3v) is 2.63. The molecule has 1 N–H and O–H groups in total. The number of rotatable bonds is 6. The molecule has 1 atom stereocenters. The fraction of sp³-hybridized carbons (Fsp3) is 0.455. The van der Waals surface area contributed by atoms with Crippen molar-refractivity contribution in [3.8, 4) is 5.88 Å². The van der Waals surface area contributed by atoms with Gasteiger partial charge in [-0.2, -0.15) is 0 Å². The third-order valence-electron chi connectivity index (χ3n) is 2.04. The van der Waals surface area contributed by atoms with Gasteiger partial charge >= 0.3 is 0 Å². The van der Waals surface area contributed by atoms with Gasteiger partial charge in [0.15, 0.2) is 0 Å². The number of pyridine rings is 1. The predicted octanol–water partition coefficient (Wildman–Crippen LogP) is 1.23. The van der Waals surface area contributed by atoms with E-state index in [1.807, 2.05) is 0 Å². The number of hydrogen-bond acceptors (Lipinski definition) is 4. The molecule has 1 heterocycles. The van der Waals surface area contributed by atoms with E-state index < -0.39 is 0 Å². The fourth-order valence-electron chi connectivity index (χ4n) is 1.26. The van der Waals surface area contributed by atoms with Crippen LogP contribution in [0.3, 0.4) is 0 Å². The van der Waals surface area contributed by atoms with E-state index in [2.05, 4.69) is 26.2 Å². The smallest absolute Gasteiger partial charge is 0.256 e. The number of amides is 1. The Morgan fingerprint density at radius 1 is 1.59 bits per heavy atom. The Hall–Kier alpha value is -1.14. The van der Waals surface area contributed by atoms with Gasteiger partial charge in [-0.1, -0.05) is 15.9 Å². The van der Waals surface area contributed by atoms with Crippen LogP contribution in [0.5, 0.6) is 5.88 Å². The Morgan fingerprint density at radius 2 is 2.35 bits per heavy atom. The number of halogens is 1. The quantitative estimate of drug-likeness (QED) is 0.803. The van der Waals surface area contributed by atoms with Gasteiger partial charge in [0.1, 0.15) is 5.56 Å². The number of carbonyl (C=O) groups is 1. The number of nitrogens with one attached hydrogen (secondary N) is 1. The summed E-state index contributed by atoms with van der Waals surface area (Å²) in [5.74, 6) is 0.110. The van der Waals surface area contributed by atoms with Crippen LogP contribution >= 0.6 is 15.9 Å². The topological polar surface area (TPSA) is 60.5 Å². The molecule has 1 unspecified atom stereocenters. The number of alkyl halides is 1. The van der Waals surface area contributed by atoms with Crippen molar-refractivity contribution in [1.82, 2.24) is 10.3 Å². The highest BCUT2D eigenvalue weighted by atomic mass is 79.9. The van der Waals surface area contributed by atoms with Crippen molar-refractivity contribution < 1.29 is 14.3 Å². The molecule has 0 saturated carbocycles. The van der Waals surface area contributed by atoms with Crippen LogP contribution in [-0.4, -0.2) is 43.1 Å². The van der Waals surface area contributed by atoms with Crippen molar-refractivity contribution in [2.75, 3.05) is 27.4 Å². The fourth-order valence-corrected chi connectivity index (χ4v) is 1.69. The van der Waals surface area contributed by atoms with E-state index in [0.717, 1.165) is 0 Å². The summed E-state index contributed by atoms with van der Waals surface area (Å²) in [6, 6.07) is 3.36. The maximum atomic E-state index is 11.8. The van der Waals surface area contributed by atoms with Crippen LogP contribution in [0.15, 0.2) is 18.3 Å². The Kier molecular flexibility index (Phi) is 5.93. The molecular weight excluding hydrogens is 288 g/mol. The number of hydrogen-bond donors (Lipinski definition) is 1. The van der Waals surface area contributed by atoms with Gasteiger partial charge in [-0.3, -0.25) is 4.79 Å². The number of methoxy groups -OCH3 is 2. The van der Waals surface area contributed by atoms with E-state index in [-0.39, 0.29) is 10.7 Å². The standard InChI is InChI=1S/C11H15BrN2O3/c1-16-7-8(12)6-14-10(15)9-4-3-5-13-11(9)17-2/h3-5,8H,6-7H2,1-2H3,(H,14,15). The van der Waals surface area contributed by atoms with Crippen molar-refractivity contribution in [2.45, 2.75) is 4.83 Å². The van der Waals surface area contributed by atoms with Crippen LogP contribution < -0.4 is 10.1 Å². The first-order valence-electron chi connectivity index (χ1n) is 5.09. The summed E-state index contributed by atoms with van der Waals surface area (Å²) >= 11 is 3.39. The Labute approximate surface area is 109 Å². The molecule has 0 aliphatic rings. The zero-order chi connectivity index (χ0) is 12.7. The summed E-state index contributed by atoms with van der Waals surface area (Å²) in [5.41, 5.74) is 0.423. The molecule has 6 heteroatoms. The molecule has 1 aromatic rings. The monoisotopic (exact) mass is 302 g/mol. The maximum absolute atomic E-state index is 11.8. The lowest BCUT2D eigenvalue weighted by Gasteiger charge is -2.11. The summed E-state index contributed by atoms with van der Waals surface area (Å²) in [6.45, 7) is 1.01. The van der Waals surface area contributed by atoms with Crippen LogP contribution in [0, 0.1) is 0 Å². The summed E-state index contributed by atoms with van der Waals surface area (Å²) in [5, 5.41) is 2.77. The molecule has 0 radical (unpaired) electrons.